The molecule has 4 heterocycles. The highest BCUT2D eigenvalue weighted by atomic mass is 35.5. The predicted molar refractivity (Wildman–Crippen MR) is 147 cm³/mol. The van der Waals surface area contributed by atoms with Gasteiger partial charge in [0.1, 0.15) is 30.1 Å². The highest BCUT2D eigenvalue weighted by molar-refractivity contribution is 6.33. The molecule has 1 N–H and O–H groups in total. The van der Waals surface area contributed by atoms with Gasteiger partial charge < -0.3 is 19.4 Å². The zero-order valence-corrected chi connectivity index (χ0v) is 22.5. The average molecular weight is 534 g/mol. The van der Waals surface area contributed by atoms with E-state index in [-0.39, 0.29) is 5.60 Å². The molecular weight excluding hydrogens is 502 g/mol. The number of imidazole rings is 1. The number of aromatic nitrogens is 5. The molecule has 0 amide bonds. The van der Waals surface area contributed by atoms with E-state index in [0.717, 1.165) is 68.3 Å². The molecule has 1 saturated heterocycles. The largest absolute Gasteiger partial charge is 0.492 e. The number of aryl methyl sites for hydroxylation is 1. The number of halogens is 1. The molecule has 3 aromatic heterocycles. The summed E-state index contributed by atoms with van der Waals surface area (Å²) in [4.78, 5) is 21.1. The fourth-order valence-corrected chi connectivity index (χ4v) is 4.96. The molecule has 9 nitrogen and oxygen atoms in total. The third-order valence-electron chi connectivity index (χ3n) is 7.13. The standard InChI is InChI=1S/C28H32ClN7O2/c1-19-4-3-5-20(33-19)17-36-25(34-24-26(36)31-18-32-27(24)38-28(2)8-9-28)22-7-6-21(16-23(22)29)37-15-14-35-12-10-30-11-13-35/h3-7,16,18,30H,8-15,17H2,1-2H3. The van der Waals surface area contributed by atoms with Crippen LogP contribution in [0.4, 0.5) is 0 Å². The van der Waals surface area contributed by atoms with Gasteiger partial charge in [-0.1, -0.05) is 17.7 Å². The Balaban J connectivity index is 1.32. The van der Waals surface area contributed by atoms with Gasteiger partial charge in [-0.3, -0.25) is 9.88 Å². The molecule has 1 saturated carbocycles. The summed E-state index contributed by atoms with van der Waals surface area (Å²) >= 11 is 6.84. The Morgan fingerprint density at radius 1 is 1.08 bits per heavy atom. The Morgan fingerprint density at radius 2 is 1.92 bits per heavy atom. The molecule has 4 aromatic rings. The summed E-state index contributed by atoms with van der Waals surface area (Å²) < 4.78 is 14.3. The molecule has 1 aromatic carbocycles. The van der Waals surface area contributed by atoms with Crippen LogP contribution in [0, 0.1) is 6.92 Å². The van der Waals surface area contributed by atoms with Crippen LogP contribution in [0.25, 0.3) is 22.6 Å². The fourth-order valence-electron chi connectivity index (χ4n) is 4.70. The maximum absolute atomic E-state index is 6.84. The monoisotopic (exact) mass is 533 g/mol. The Hall–Kier alpha value is -3.27. The summed E-state index contributed by atoms with van der Waals surface area (Å²) in [5.74, 6) is 1.92. The van der Waals surface area contributed by atoms with Gasteiger partial charge in [0.25, 0.3) is 0 Å². The molecule has 198 valence electrons. The van der Waals surface area contributed by atoms with E-state index in [1.807, 2.05) is 47.9 Å². The average Bonchev–Trinajstić information content (AvgIpc) is 3.53. The lowest BCUT2D eigenvalue weighted by molar-refractivity contribution is 0.191. The van der Waals surface area contributed by atoms with Crippen molar-refractivity contribution in [3.05, 3.63) is 59.1 Å². The second-order valence-electron chi connectivity index (χ2n) is 10.3. The Kier molecular flexibility index (Phi) is 6.90. The van der Waals surface area contributed by atoms with Crippen LogP contribution in [-0.2, 0) is 6.54 Å². The highest BCUT2D eigenvalue weighted by Crippen LogP contribution is 2.41. The maximum Gasteiger partial charge on any atom is 0.245 e. The fraction of sp³-hybridized carbons (Fsp3) is 0.429. The number of rotatable bonds is 9. The minimum absolute atomic E-state index is 0.190. The molecule has 0 unspecified atom stereocenters. The first-order valence-corrected chi connectivity index (χ1v) is 13.5. The number of ether oxygens (including phenoxy) is 2. The summed E-state index contributed by atoms with van der Waals surface area (Å²) in [5, 5.41) is 3.93. The lowest BCUT2D eigenvalue weighted by Gasteiger charge is -2.26. The molecule has 2 aliphatic rings. The molecule has 0 bridgehead atoms. The molecule has 0 atom stereocenters. The minimum Gasteiger partial charge on any atom is -0.492 e. The number of hydrogen-bond acceptors (Lipinski definition) is 8. The van der Waals surface area contributed by atoms with Crippen molar-refractivity contribution in [2.24, 2.45) is 0 Å². The van der Waals surface area contributed by atoms with E-state index >= 15 is 0 Å². The maximum atomic E-state index is 6.84. The lowest BCUT2D eigenvalue weighted by Crippen LogP contribution is -2.44. The van der Waals surface area contributed by atoms with E-state index in [9.17, 15) is 0 Å². The van der Waals surface area contributed by atoms with Crippen molar-refractivity contribution in [1.82, 2.24) is 34.7 Å². The smallest absolute Gasteiger partial charge is 0.245 e. The number of nitrogens with one attached hydrogen (secondary N) is 1. The van der Waals surface area contributed by atoms with Crippen LogP contribution in [0.5, 0.6) is 11.6 Å². The highest BCUT2D eigenvalue weighted by Gasteiger charge is 2.41. The van der Waals surface area contributed by atoms with Crippen LogP contribution in [-0.4, -0.2) is 74.3 Å². The number of fused-ring (bicyclic) bond motifs is 1. The van der Waals surface area contributed by atoms with Gasteiger partial charge in [0.05, 0.1) is 17.3 Å². The van der Waals surface area contributed by atoms with Crippen molar-refractivity contribution in [3.8, 4) is 23.0 Å². The van der Waals surface area contributed by atoms with Gasteiger partial charge in [-0.05, 0) is 57.0 Å². The first-order valence-electron chi connectivity index (χ1n) is 13.2. The van der Waals surface area contributed by atoms with E-state index < -0.39 is 0 Å². The first kappa shape index (κ1) is 25.0. The SMILES string of the molecule is Cc1cccc(Cn2c(-c3ccc(OCCN4CCNCC4)cc3Cl)nc3c(OC4(C)CC4)ncnc32)n1. The van der Waals surface area contributed by atoms with Gasteiger partial charge in [0.15, 0.2) is 11.2 Å². The number of pyridine rings is 1. The van der Waals surface area contributed by atoms with Gasteiger partial charge in [-0.15, -0.1) is 0 Å². The Labute approximate surface area is 227 Å². The quantitative estimate of drug-likeness (QED) is 0.344. The molecule has 0 radical (unpaired) electrons. The Morgan fingerprint density at radius 3 is 2.68 bits per heavy atom. The molecular formula is C28H32ClN7O2. The van der Waals surface area contributed by atoms with Crippen molar-refractivity contribution < 1.29 is 9.47 Å². The van der Waals surface area contributed by atoms with Crippen LogP contribution in [0.2, 0.25) is 5.02 Å². The van der Waals surface area contributed by atoms with Crippen molar-refractivity contribution in [3.63, 3.8) is 0 Å². The molecule has 38 heavy (non-hydrogen) atoms. The van der Waals surface area contributed by atoms with Crippen LogP contribution < -0.4 is 14.8 Å². The Bertz CT molecular complexity index is 1450. The number of hydrogen-bond donors (Lipinski definition) is 1. The number of benzene rings is 1. The third kappa shape index (κ3) is 5.45. The summed E-state index contributed by atoms with van der Waals surface area (Å²) in [5.41, 5.74) is 3.76. The van der Waals surface area contributed by atoms with Crippen molar-refractivity contribution >= 4 is 22.8 Å². The molecule has 2 fully saturated rings. The molecule has 1 aliphatic carbocycles. The van der Waals surface area contributed by atoms with Gasteiger partial charge in [0.2, 0.25) is 5.88 Å². The summed E-state index contributed by atoms with van der Waals surface area (Å²) in [6.45, 7) is 10.2. The van der Waals surface area contributed by atoms with Gasteiger partial charge in [-0.2, -0.15) is 4.98 Å². The molecule has 6 rings (SSSR count). The molecule has 0 spiro atoms. The number of nitrogens with zero attached hydrogens (tertiary/aromatic N) is 6. The van der Waals surface area contributed by atoms with Gasteiger partial charge in [0, 0.05) is 44.0 Å². The van der Waals surface area contributed by atoms with E-state index in [0.29, 0.717) is 41.0 Å². The minimum atomic E-state index is -0.190. The molecule has 10 heteroatoms. The van der Waals surface area contributed by atoms with Crippen LogP contribution >= 0.6 is 11.6 Å². The number of piperazine rings is 1. The lowest BCUT2D eigenvalue weighted by atomic mass is 10.2. The molecule has 1 aliphatic heterocycles. The van der Waals surface area contributed by atoms with Crippen LogP contribution in [0.3, 0.4) is 0 Å². The topological polar surface area (TPSA) is 90.2 Å². The third-order valence-corrected chi connectivity index (χ3v) is 7.44. The summed E-state index contributed by atoms with van der Waals surface area (Å²) in [6.07, 6.45) is 3.54. The normalized spacial score (nSPS) is 17.0. The van der Waals surface area contributed by atoms with E-state index in [2.05, 4.69) is 27.1 Å². The zero-order chi connectivity index (χ0) is 26.1. The van der Waals surface area contributed by atoms with Crippen molar-refractivity contribution in [2.75, 3.05) is 39.3 Å². The van der Waals surface area contributed by atoms with Gasteiger partial charge in [-0.25, -0.2) is 9.97 Å². The van der Waals surface area contributed by atoms with E-state index in [1.165, 1.54) is 6.33 Å². The van der Waals surface area contributed by atoms with E-state index in [1.54, 1.807) is 0 Å². The summed E-state index contributed by atoms with van der Waals surface area (Å²) in [7, 11) is 0. The zero-order valence-electron chi connectivity index (χ0n) is 21.8. The van der Waals surface area contributed by atoms with Gasteiger partial charge >= 0.3 is 0 Å². The van der Waals surface area contributed by atoms with Crippen LogP contribution in [0.15, 0.2) is 42.7 Å². The summed E-state index contributed by atoms with van der Waals surface area (Å²) in [6, 6.07) is 11.8. The van der Waals surface area contributed by atoms with Crippen molar-refractivity contribution in [1.29, 1.82) is 0 Å². The van der Waals surface area contributed by atoms with E-state index in [4.69, 9.17) is 31.0 Å². The first-order chi connectivity index (χ1) is 18.5. The van der Waals surface area contributed by atoms with Crippen molar-refractivity contribution in [2.45, 2.75) is 38.8 Å². The second-order valence-corrected chi connectivity index (χ2v) is 10.7. The predicted octanol–water partition coefficient (Wildman–Crippen LogP) is 4.11. The van der Waals surface area contributed by atoms with Crippen LogP contribution in [0.1, 0.15) is 31.2 Å². The second kappa shape index (κ2) is 10.5.